The molecule has 8 nitrogen and oxygen atoms in total. The van der Waals surface area contributed by atoms with Crippen molar-refractivity contribution in [3.63, 3.8) is 0 Å². The van der Waals surface area contributed by atoms with E-state index in [1.807, 2.05) is 0 Å². The molecule has 1 fully saturated rings. The molecular formula is C10H16N4O4. The van der Waals surface area contributed by atoms with Gasteiger partial charge in [0.05, 0.1) is 13.2 Å². The molecule has 0 aromatic rings. The molecule has 2 rings (SSSR count). The monoisotopic (exact) mass is 256 g/mol. The molecule has 8 heteroatoms. The first-order chi connectivity index (χ1) is 8.56. The molecule has 0 saturated carbocycles. The highest BCUT2D eigenvalue weighted by Gasteiger charge is 2.47. The molecule has 1 N–H and O–H groups in total. The number of hydrogen-bond donors (Lipinski definition) is 1. The van der Waals surface area contributed by atoms with Crippen molar-refractivity contribution in [2.24, 2.45) is 5.10 Å². The third-order valence-electron chi connectivity index (χ3n) is 3.12. The molecule has 0 aromatic carbocycles. The maximum absolute atomic E-state index is 12.1. The predicted molar refractivity (Wildman–Crippen MR) is 61.8 cm³/mol. The van der Waals surface area contributed by atoms with E-state index in [-0.39, 0.29) is 12.1 Å². The number of nitrogens with zero attached hydrogens (tertiary/aromatic N) is 3. The number of likely N-dealkylation sites (N-methyl/N-ethyl adjacent to an activating group) is 1. The van der Waals surface area contributed by atoms with Gasteiger partial charge < -0.3 is 19.8 Å². The summed E-state index contributed by atoms with van der Waals surface area (Å²) in [6.07, 6.45) is -0.909. The Balaban J connectivity index is 2.22. The van der Waals surface area contributed by atoms with Crippen LogP contribution in [0.25, 0.3) is 0 Å². The second-order valence-corrected chi connectivity index (χ2v) is 4.15. The van der Waals surface area contributed by atoms with E-state index in [0.29, 0.717) is 18.8 Å². The summed E-state index contributed by atoms with van der Waals surface area (Å²) in [5.74, 6) is 0.574. The molecule has 18 heavy (non-hydrogen) atoms. The van der Waals surface area contributed by atoms with Crippen LogP contribution in [0.4, 0.5) is 9.59 Å². The van der Waals surface area contributed by atoms with Crippen LogP contribution in [0, 0.1) is 0 Å². The second-order valence-electron chi connectivity index (χ2n) is 4.15. The third-order valence-corrected chi connectivity index (χ3v) is 3.12. The number of amides is 2. The van der Waals surface area contributed by atoms with Gasteiger partial charge in [0.25, 0.3) is 0 Å². The minimum Gasteiger partial charge on any atom is -0.438 e. The highest BCUT2D eigenvalue weighted by molar-refractivity contribution is 6.00. The van der Waals surface area contributed by atoms with Crippen LogP contribution in [0.3, 0.4) is 0 Å². The van der Waals surface area contributed by atoms with E-state index in [0.717, 1.165) is 0 Å². The molecule has 2 aliphatic heterocycles. The van der Waals surface area contributed by atoms with Crippen molar-refractivity contribution in [3.8, 4) is 0 Å². The number of carbonyl (C=O) groups excluding carboxylic acids is 2. The number of methoxy groups -OCH3 is 1. The van der Waals surface area contributed by atoms with Gasteiger partial charge in [0, 0.05) is 20.0 Å². The number of urea groups is 1. The van der Waals surface area contributed by atoms with Crippen LogP contribution in [-0.4, -0.2) is 60.8 Å². The van der Waals surface area contributed by atoms with E-state index in [2.05, 4.69) is 15.3 Å². The fourth-order valence-corrected chi connectivity index (χ4v) is 1.96. The van der Waals surface area contributed by atoms with E-state index >= 15 is 0 Å². The lowest BCUT2D eigenvalue weighted by Crippen LogP contribution is -2.43. The molecule has 0 bridgehead atoms. The van der Waals surface area contributed by atoms with Gasteiger partial charge in [-0.2, -0.15) is 5.10 Å². The Hall–Kier alpha value is -1.99. The van der Waals surface area contributed by atoms with Crippen molar-refractivity contribution < 1.29 is 19.1 Å². The Bertz CT molecular complexity index is 397. The lowest BCUT2D eigenvalue weighted by Gasteiger charge is -2.23. The fourth-order valence-electron chi connectivity index (χ4n) is 1.96. The zero-order valence-corrected chi connectivity index (χ0v) is 10.5. The van der Waals surface area contributed by atoms with E-state index in [4.69, 9.17) is 4.74 Å². The minimum atomic E-state index is -0.813. The van der Waals surface area contributed by atoms with Crippen LogP contribution in [0.5, 0.6) is 0 Å². The minimum absolute atomic E-state index is 0.237. The van der Waals surface area contributed by atoms with Crippen LogP contribution < -0.4 is 5.43 Å². The first-order valence-corrected chi connectivity index (χ1v) is 5.66. The quantitative estimate of drug-likeness (QED) is 0.675. The molecule has 0 aromatic heterocycles. The number of ether oxygens (including phenoxy) is 2. The molecule has 100 valence electrons. The molecule has 1 saturated heterocycles. The highest BCUT2D eigenvalue weighted by Crippen LogP contribution is 2.24. The number of nitrogens with one attached hydrogen (secondary N) is 1. The molecule has 2 aliphatic rings. The Morgan fingerprint density at radius 2 is 2.28 bits per heavy atom. The van der Waals surface area contributed by atoms with Crippen molar-refractivity contribution in [3.05, 3.63) is 0 Å². The molecule has 0 spiro atoms. The van der Waals surface area contributed by atoms with Gasteiger partial charge >= 0.3 is 12.2 Å². The smallest absolute Gasteiger partial charge is 0.438 e. The number of amidine groups is 1. The summed E-state index contributed by atoms with van der Waals surface area (Å²) in [7, 11) is 2.88. The van der Waals surface area contributed by atoms with Gasteiger partial charge in [-0.05, 0) is 6.92 Å². The average Bonchev–Trinajstić information content (AvgIpc) is 2.94. The number of carbonyl (C=O) groups is 2. The van der Waals surface area contributed by atoms with Gasteiger partial charge in [-0.1, -0.05) is 0 Å². The Labute approximate surface area is 104 Å². The van der Waals surface area contributed by atoms with Gasteiger partial charge in [-0.15, -0.1) is 0 Å². The summed E-state index contributed by atoms with van der Waals surface area (Å²) in [5, 5.41) is 4.03. The molecule has 0 radical (unpaired) electrons. The van der Waals surface area contributed by atoms with Crippen molar-refractivity contribution in [2.45, 2.75) is 25.6 Å². The highest BCUT2D eigenvalue weighted by atomic mass is 16.7. The third kappa shape index (κ3) is 1.93. The Morgan fingerprint density at radius 1 is 1.56 bits per heavy atom. The van der Waals surface area contributed by atoms with E-state index in [1.54, 1.807) is 14.0 Å². The van der Waals surface area contributed by atoms with Crippen LogP contribution in [-0.2, 0) is 9.47 Å². The average molecular weight is 256 g/mol. The predicted octanol–water partition coefficient (Wildman–Crippen LogP) is 0.158. The molecular weight excluding hydrogens is 240 g/mol. The van der Waals surface area contributed by atoms with Gasteiger partial charge in [0.2, 0.25) is 6.23 Å². The second kappa shape index (κ2) is 4.71. The summed E-state index contributed by atoms with van der Waals surface area (Å²) in [4.78, 5) is 26.2. The zero-order chi connectivity index (χ0) is 13.3. The zero-order valence-electron chi connectivity index (χ0n) is 10.5. The van der Waals surface area contributed by atoms with Gasteiger partial charge in [0.15, 0.2) is 0 Å². The van der Waals surface area contributed by atoms with Gasteiger partial charge in [-0.3, -0.25) is 0 Å². The summed E-state index contributed by atoms with van der Waals surface area (Å²) in [6.45, 7) is 2.47. The van der Waals surface area contributed by atoms with Crippen molar-refractivity contribution in [1.82, 2.24) is 15.2 Å². The maximum Gasteiger partial charge on any atom is 0.510 e. The summed E-state index contributed by atoms with van der Waals surface area (Å²) < 4.78 is 9.60. The molecule has 0 aliphatic carbocycles. The summed E-state index contributed by atoms with van der Waals surface area (Å²) >= 11 is 0. The number of hydrogen-bond acceptors (Lipinski definition) is 6. The molecule has 2 unspecified atom stereocenters. The normalized spacial score (nSPS) is 27.1. The lowest BCUT2D eigenvalue weighted by atomic mass is 10.3. The molecule has 2 amide bonds. The Morgan fingerprint density at radius 3 is 2.83 bits per heavy atom. The van der Waals surface area contributed by atoms with E-state index < -0.39 is 12.4 Å². The van der Waals surface area contributed by atoms with Gasteiger partial charge in [-0.25, -0.2) is 14.5 Å². The van der Waals surface area contributed by atoms with Crippen molar-refractivity contribution in [2.75, 3.05) is 20.7 Å². The van der Waals surface area contributed by atoms with Crippen LogP contribution >= 0.6 is 0 Å². The lowest BCUT2D eigenvalue weighted by molar-refractivity contribution is -0.00409. The Kier molecular flexibility index (Phi) is 3.26. The molecule has 2 atom stereocenters. The topological polar surface area (TPSA) is 83.5 Å². The van der Waals surface area contributed by atoms with Crippen molar-refractivity contribution >= 4 is 18.0 Å². The SMILES string of the molecule is COC(=O)OC1C(C)N(C)C(=O)N1C1=NNCC1. The van der Waals surface area contributed by atoms with Crippen LogP contribution in [0.1, 0.15) is 13.3 Å². The standard InChI is InChI=1S/C10H16N4O4/c1-6-8(18-10(16)17-3)14(9(15)13(6)2)7-4-5-11-12-7/h6,8,11H,4-5H2,1-3H3. The first kappa shape index (κ1) is 12.5. The maximum atomic E-state index is 12.1. The van der Waals surface area contributed by atoms with Crippen molar-refractivity contribution in [1.29, 1.82) is 0 Å². The van der Waals surface area contributed by atoms with E-state index in [1.165, 1.54) is 16.9 Å². The van der Waals surface area contributed by atoms with Crippen LogP contribution in [0.15, 0.2) is 5.10 Å². The molecule has 2 heterocycles. The summed E-state index contributed by atoms with van der Waals surface area (Å²) in [5.41, 5.74) is 2.79. The first-order valence-electron chi connectivity index (χ1n) is 5.66. The summed E-state index contributed by atoms with van der Waals surface area (Å²) in [6, 6.07) is -0.501. The van der Waals surface area contributed by atoms with E-state index in [9.17, 15) is 9.59 Å². The fraction of sp³-hybridized carbons (Fsp3) is 0.700. The number of hydrazone groups is 1. The largest absolute Gasteiger partial charge is 0.510 e. The number of rotatable bonds is 1. The van der Waals surface area contributed by atoms with Gasteiger partial charge in [0.1, 0.15) is 5.84 Å². The van der Waals surface area contributed by atoms with Crippen LogP contribution in [0.2, 0.25) is 0 Å².